The van der Waals surface area contributed by atoms with Gasteiger partial charge in [-0.3, -0.25) is 9.36 Å². The van der Waals surface area contributed by atoms with Gasteiger partial charge in [-0.1, -0.05) is 49.4 Å². The summed E-state index contributed by atoms with van der Waals surface area (Å²) in [6.07, 6.45) is 1.81. The van der Waals surface area contributed by atoms with Gasteiger partial charge in [-0.05, 0) is 84.4 Å². The van der Waals surface area contributed by atoms with Crippen LogP contribution in [-0.2, 0) is 9.53 Å². The summed E-state index contributed by atoms with van der Waals surface area (Å²) in [6.45, 7) is 12.8. The van der Waals surface area contributed by atoms with Gasteiger partial charge in [0, 0.05) is 0 Å². The summed E-state index contributed by atoms with van der Waals surface area (Å²) >= 11 is 4.87. The van der Waals surface area contributed by atoms with E-state index in [0.717, 1.165) is 15.6 Å². The third kappa shape index (κ3) is 5.89. The molecule has 39 heavy (non-hydrogen) atoms. The molecule has 0 saturated carbocycles. The Hall–Kier alpha value is -3.17. The molecule has 2 aromatic carbocycles. The van der Waals surface area contributed by atoms with Crippen LogP contribution in [0.1, 0.15) is 70.2 Å². The van der Waals surface area contributed by atoms with E-state index in [1.54, 1.807) is 18.4 Å². The van der Waals surface area contributed by atoms with Gasteiger partial charge in [-0.15, -0.1) is 0 Å². The number of allylic oxidation sites excluding steroid dienone is 1. The van der Waals surface area contributed by atoms with Crippen LogP contribution >= 0.6 is 27.3 Å². The van der Waals surface area contributed by atoms with Crippen LogP contribution in [0.3, 0.4) is 0 Å². The van der Waals surface area contributed by atoms with Crippen molar-refractivity contribution in [3.8, 4) is 11.5 Å². The summed E-state index contributed by atoms with van der Waals surface area (Å²) in [5, 5.41) is 0. The molecule has 1 unspecified atom stereocenters. The molecule has 9 heteroatoms. The molecule has 0 radical (unpaired) electrons. The summed E-state index contributed by atoms with van der Waals surface area (Å²) in [6, 6.07) is 11.1. The Balaban J connectivity index is 1.91. The molecule has 7 nitrogen and oxygen atoms in total. The summed E-state index contributed by atoms with van der Waals surface area (Å²) < 4.78 is 19.8. The first-order chi connectivity index (χ1) is 18.7. The van der Waals surface area contributed by atoms with E-state index in [2.05, 4.69) is 34.8 Å². The van der Waals surface area contributed by atoms with Crippen LogP contribution in [0.4, 0.5) is 0 Å². The minimum absolute atomic E-state index is 0.228. The Morgan fingerprint density at radius 2 is 1.79 bits per heavy atom. The van der Waals surface area contributed by atoms with Gasteiger partial charge in [0.2, 0.25) is 0 Å². The maximum absolute atomic E-state index is 13.9. The number of aromatic nitrogens is 1. The second-order valence-corrected chi connectivity index (χ2v) is 11.2. The van der Waals surface area contributed by atoms with Crippen LogP contribution in [0.25, 0.3) is 6.08 Å². The second kappa shape index (κ2) is 12.3. The van der Waals surface area contributed by atoms with Gasteiger partial charge in [0.25, 0.3) is 5.56 Å². The number of esters is 1. The van der Waals surface area contributed by atoms with Crippen LogP contribution in [0.2, 0.25) is 0 Å². The van der Waals surface area contributed by atoms with E-state index in [0.29, 0.717) is 51.2 Å². The highest BCUT2D eigenvalue weighted by atomic mass is 79.9. The number of fused-ring (bicyclic) bond motifs is 1. The molecular formula is C30H33BrN2O5S. The number of halogens is 1. The quantitative estimate of drug-likeness (QED) is 0.299. The van der Waals surface area contributed by atoms with Crippen molar-refractivity contribution in [3.05, 3.63) is 88.5 Å². The first-order valence-electron chi connectivity index (χ1n) is 13.1. The number of carbonyl (C=O) groups is 1. The van der Waals surface area contributed by atoms with Gasteiger partial charge >= 0.3 is 5.97 Å². The average molecular weight is 614 g/mol. The molecular weight excluding hydrogens is 580 g/mol. The van der Waals surface area contributed by atoms with Crippen LogP contribution in [0.5, 0.6) is 11.5 Å². The number of thiazole rings is 1. The zero-order valence-corrected chi connectivity index (χ0v) is 25.4. The summed E-state index contributed by atoms with van der Waals surface area (Å²) in [4.78, 5) is 32.2. The Morgan fingerprint density at radius 3 is 2.41 bits per heavy atom. The van der Waals surface area contributed by atoms with E-state index >= 15 is 0 Å². The van der Waals surface area contributed by atoms with Crippen molar-refractivity contribution < 1.29 is 19.0 Å². The fourth-order valence-electron chi connectivity index (χ4n) is 4.54. The Bertz CT molecular complexity index is 1580. The molecule has 1 aliphatic heterocycles. The zero-order valence-electron chi connectivity index (χ0n) is 23.0. The van der Waals surface area contributed by atoms with Gasteiger partial charge in [0.15, 0.2) is 16.3 Å². The van der Waals surface area contributed by atoms with Crippen molar-refractivity contribution in [2.45, 2.75) is 53.5 Å². The molecule has 0 N–H and O–H groups in total. The summed E-state index contributed by atoms with van der Waals surface area (Å²) in [5.41, 5.74) is 3.46. The Kier molecular flexibility index (Phi) is 9.12. The lowest BCUT2D eigenvalue weighted by Crippen LogP contribution is -2.39. The molecule has 0 amide bonds. The number of ether oxygens (including phenoxy) is 3. The molecule has 1 aromatic heterocycles. The summed E-state index contributed by atoms with van der Waals surface area (Å²) in [7, 11) is 0. The topological polar surface area (TPSA) is 79.1 Å². The summed E-state index contributed by atoms with van der Waals surface area (Å²) in [5.74, 6) is 1.11. The molecule has 4 rings (SSSR count). The van der Waals surface area contributed by atoms with Crippen molar-refractivity contribution in [2.75, 3.05) is 19.8 Å². The third-order valence-corrected chi connectivity index (χ3v) is 7.93. The first-order valence-corrected chi connectivity index (χ1v) is 14.7. The molecule has 0 spiro atoms. The lowest BCUT2D eigenvalue weighted by molar-refractivity contribution is -0.139. The van der Waals surface area contributed by atoms with Crippen molar-refractivity contribution in [3.63, 3.8) is 0 Å². The second-order valence-electron chi connectivity index (χ2n) is 9.32. The highest BCUT2D eigenvalue weighted by Crippen LogP contribution is 2.37. The average Bonchev–Trinajstić information content (AvgIpc) is 3.19. The number of carbonyl (C=O) groups excluding carboxylic acids is 1. The van der Waals surface area contributed by atoms with E-state index in [-0.39, 0.29) is 12.2 Å². The number of nitrogens with zero attached hydrogens (tertiary/aromatic N) is 2. The number of hydrogen-bond acceptors (Lipinski definition) is 7. The van der Waals surface area contributed by atoms with Crippen molar-refractivity contribution in [1.82, 2.24) is 4.57 Å². The molecule has 0 saturated heterocycles. The van der Waals surface area contributed by atoms with Crippen LogP contribution in [0, 0.1) is 0 Å². The maximum Gasteiger partial charge on any atom is 0.338 e. The first kappa shape index (κ1) is 28.8. The zero-order chi connectivity index (χ0) is 28.3. The fourth-order valence-corrected chi connectivity index (χ4v) is 6.16. The monoisotopic (exact) mass is 612 g/mol. The van der Waals surface area contributed by atoms with Gasteiger partial charge in [0.05, 0.1) is 46.1 Å². The van der Waals surface area contributed by atoms with Gasteiger partial charge < -0.3 is 14.2 Å². The molecule has 2 heterocycles. The van der Waals surface area contributed by atoms with Crippen molar-refractivity contribution >= 4 is 39.3 Å². The Morgan fingerprint density at radius 1 is 1.10 bits per heavy atom. The highest BCUT2D eigenvalue weighted by Gasteiger charge is 2.33. The van der Waals surface area contributed by atoms with Crippen molar-refractivity contribution in [1.29, 1.82) is 0 Å². The van der Waals surface area contributed by atoms with Crippen LogP contribution in [0.15, 0.2) is 61.9 Å². The number of rotatable bonds is 9. The number of hydrogen-bond donors (Lipinski definition) is 0. The van der Waals surface area contributed by atoms with Crippen molar-refractivity contribution in [2.24, 2.45) is 4.99 Å². The van der Waals surface area contributed by atoms with E-state index in [1.807, 2.05) is 56.3 Å². The standard InChI is InChI=1S/C30H33BrN2O5S/c1-7-36-23-15-19(14-22(31)27(23)37-8-2)16-24-28(34)33-26(21-12-10-20(11-13-21)17(4)5)25(29(35)38-9-3)18(6)32-30(33)39-24/h10-17,26H,7-9H2,1-6H3. The van der Waals surface area contributed by atoms with Crippen LogP contribution in [-0.4, -0.2) is 30.4 Å². The van der Waals surface area contributed by atoms with Crippen LogP contribution < -0.4 is 24.4 Å². The maximum atomic E-state index is 13.9. The molecule has 3 aromatic rings. The Labute approximate surface area is 240 Å². The number of benzene rings is 2. The fraction of sp³-hybridized carbons (Fsp3) is 0.367. The largest absolute Gasteiger partial charge is 0.490 e. The smallest absolute Gasteiger partial charge is 0.338 e. The van der Waals surface area contributed by atoms with E-state index in [1.165, 1.54) is 16.9 Å². The van der Waals surface area contributed by atoms with Gasteiger partial charge in [-0.25, -0.2) is 9.79 Å². The highest BCUT2D eigenvalue weighted by molar-refractivity contribution is 9.10. The van der Waals surface area contributed by atoms with E-state index in [4.69, 9.17) is 14.2 Å². The van der Waals surface area contributed by atoms with E-state index < -0.39 is 12.0 Å². The minimum atomic E-state index is -0.644. The molecule has 1 aliphatic rings. The predicted molar refractivity (Wildman–Crippen MR) is 157 cm³/mol. The minimum Gasteiger partial charge on any atom is -0.490 e. The molecule has 0 aliphatic carbocycles. The SMILES string of the molecule is CCOC(=O)C1=C(C)N=c2sc(=Cc3cc(Br)c(OCC)c(OCC)c3)c(=O)n2C1c1ccc(C(C)C)cc1. The third-order valence-electron chi connectivity index (χ3n) is 6.35. The van der Waals surface area contributed by atoms with Gasteiger partial charge in [-0.2, -0.15) is 0 Å². The predicted octanol–water partition coefficient (Wildman–Crippen LogP) is 5.48. The van der Waals surface area contributed by atoms with Gasteiger partial charge in [0.1, 0.15) is 0 Å². The molecule has 1 atom stereocenters. The lowest BCUT2D eigenvalue weighted by Gasteiger charge is -2.25. The normalized spacial score (nSPS) is 15.3. The molecule has 0 bridgehead atoms. The van der Waals surface area contributed by atoms with E-state index in [9.17, 15) is 9.59 Å². The molecule has 0 fully saturated rings. The molecule has 206 valence electrons. The lowest BCUT2D eigenvalue weighted by atomic mass is 9.93.